The third kappa shape index (κ3) is 4.94. The van der Waals surface area contributed by atoms with Crippen LogP contribution in [0.25, 0.3) is 54.6 Å². The molecule has 0 aliphatic carbocycles. The highest BCUT2D eigenvalue weighted by Crippen LogP contribution is 2.55. The van der Waals surface area contributed by atoms with Crippen molar-refractivity contribution in [1.29, 1.82) is 0 Å². The van der Waals surface area contributed by atoms with E-state index in [9.17, 15) is 56.0 Å². The molecule has 4 aromatic carbocycles. The van der Waals surface area contributed by atoms with Crippen LogP contribution in [-0.2, 0) is 20.8 Å². The van der Waals surface area contributed by atoms with Crippen LogP contribution in [0.15, 0.2) is 54.8 Å². The van der Waals surface area contributed by atoms with Crippen molar-refractivity contribution in [2.24, 2.45) is 0 Å². The van der Waals surface area contributed by atoms with Crippen molar-refractivity contribution in [1.82, 2.24) is 0 Å². The Hall–Kier alpha value is -5.56. The van der Waals surface area contributed by atoms with E-state index in [4.69, 9.17) is 13.0 Å². The fraction of sp³-hybridized carbons (Fsp3) is 0.0714. The number of hydrogen-bond acceptors (Lipinski definition) is 14. The van der Waals surface area contributed by atoms with Gasteiger partial charge in [-0.05, 0) is 37.4 Å². The van der Waals surface area contributed by atoms with Crippen molar-refractivity contribution in [3.05, 3.63) is 68.4 Å². The molecule has 6 aromatic rings. The molecule has 238 valence electrons. The van der Waals surface area contributed by atoms with Crippen LogP contribution in [0.5, 0.6) is 34.5 Å². The van der Waals surface area contributed by atoms with Crippen LogP contribution < -0.4 is 19.2 Å². The lowest BCUT2D eigenvalue weighted by atomic mass is 9.91. The predicted molar refractivity (Wildman–Crippen MR) is 159 cm³/mol. The maximum atomic E-state index is 12.8. The lowest BCUT2D eigenvalue weighted by molar-refractivity contribution is 0.381. The van der Waals surface area contributed by atoms with Gasteiger partial charge in [-0.2, -0.15) is 16.8 Å². The number of phenolic OH excluding ortho intramolecular Hbond substituents is 4. The molecule has 0 atom stereocenters. The van der Waals surface area contributed by atoms with Gasteiger partial charge in [0.25, 0.3) is 0 Å². The average molecular weight is 675 g/mol. The minimum Gasteiger partial charge on any atom is -0.507 e. The van der Waals surface area contributed by atoms with Gasteiger partial charge in [-0.3, -0.25) is 18.7 Å². The first kappa shape index (κ1) is 30.5. The summed E-state index contributed by atoms with van der Waals surface area (Å²) in [6, 6.07) is 5.56. The summed E-state index contributed by atoms with van der Waals surface area (Å²) in [5.74, 6) is -5.65. The van der Waals surface area contributed by atoms with Gasteiger partial charge in [0, 0.05) is 29.1 Å². The van der Waals surface area contributed by atoms with Crippen molar-refractivity contribution in [3.63, 3.8) is 0 Å². The number of aryl methyl sites for hydroxylation is 2. The number of rotatable bonds is 5. The van der Waals surface area contributed by atoms with Crippen molar-refractivity contribution in [2.75, 3.05) is 0 Å². The van der Waals surface area contributed by atoms with Gasteiger partial charge >= 0.3 is 20.8 Å². The van der Waals surface area contributed by atoms with Gasteiger partial charge in [0.2, 0.25) is 0 Å². The molecule has 0 saturated heterocycles. The standard InChI is InChI=1S/C28H18O16S2/c1-9-3-13(29)23-16(41-9)5-11-6-18(43-45(35,36)37)25(27(33)20(11)26(23)32)22-12-7-17-24(14(30)4-10(2)42-17)28(34)21(12)15(31)8-19(22)44-46(38,39)40/h3-8,31-34H,1-2H3,(H,35,36,37)(H,38,39,40). The van der Waals surface area contributed by atoms with Crippen LogP contribution in [0.1, 0.15) is 11.5 Å². The second-order valence-corrected chi connectivity index (χ2v) is 12.1. The van der Waals surface area contributed by atoms with E-state index in [-0.39, 0.29) is 28.1 Å². The van der Waals surface area contributed by atoms with Gasteiger partial charge < -0.3 is 37.6 Å². The first-order valence-electron chi connectivity index (χ1n) is 12.6. The Morgan fingerprint density at radius 2 is 1.07 bits per heavy atom. The molecule has 0 radical (unpaired) electrons. The summed E-state index contributed by atoms with van der Waals surface area (Å²) >= 11 is 0. The van der Waals surface area contributed by atoms with E-state index in [1.807, 2.05) is 0 Å². The lowest BCUT2D eigenvalue weighted by Gasteiger charge is -2.20. The van der Waals surface area contributed by atoms with E-state index in [0.717, 1.165) is 30.3 Å². The van der Waals surface area contributed by atoms with E-state index in [2.05, 4.69) is 4.18 Å². The summed E-state index contributed by atoms with van der Waals surface area (Å²) in [5.41, 5.74) is -3.68. The van der Waals surface area contributed by atoms with E-state index >= 15 is 0 Å². The molecule has 0 bridgehead atoms. The minimum absolute atomic E-state index is 0.0437. The van der Waals surface area contributed by atoms with E-state index in [1.165, 1.54) is 13.8 Å². The average Bonchev–Trinajstić information content (AvgIpc) is 2.86. The second kappa shape index (κ2) is 9.97. The van der Waals surface area contributed by atoms with Crippen LogP contribution in [0.3, 0.4) is 0 Å². The van der Waals surface area contributed by atoms with Crippen LogP contribution >= 0.6 is 0 Å². The molecule has 0 fully saturated rings. The smallest absolute Gasteiger partial charge is 0.446 e. The first-order chi connectivity index (χ1) is 21.3. The SMILES string of the molecule is Cc1cc(=O)c2c(O)c3c(O)c(-c4c(OS(=O)(=O)O)cc(O)c5c(O)c6c(=O)cc(C)oc6cc45)c(OS(=O)(=O)O)cc3cc2o1. The van der Waals surface area contributed by atoms with Gasteiger partial charge in [-0.25, -0.2) is 0 Å². The second-order valence-electron chi connectivity index (χ2n) is 10.0. The molecule has 6 N–H and O–H groups in total. The highest BCUT2D eigenvalue weighted by Gasteiger charge is 2.31. The molecule has 0 aliphatic heterocycles. The summed E-state index contributed by atoms with van der Waals surface area (Å²) in [6.45, 7) is 2.82. The van der Waals surface area contributed by atoms with Gasteiger partial charge in [0.15, 0.2) is 22.4 Å². The van der Waals surface area contributed by atoms with Crippen molar-refractivity contribution < 1.29 is 63.6 Å². The highest BCUT2D eigenvalue weighted by molar-refractivity contribution is 7.81. The predicted octanol–water partition coefficient (Wildman–Crippen LogP) is 3.68. The van der Waals surface area contributed by atoms with Crippen LogP contribution in [-0.4, -0.2) is 46.4 Å². The van der Waals surface area contributed by atoms with Crippen LogP contribution in [0, 0.1) is 13.8 Å². The molecular weight excluding hydrogens is 656 g/mol. The quantitative estimate of drug-likeness (QED) is 0.112. The summed E-state index contributed by atoms with van der Waals surface area (Å²) in [5, 5.41) is 42.1. The van der Waals surface area contributed by atoms with E-state index in [0.29, 0.717) is 6.07 Å². The Kier molecular flexibility index (Phi) is 6.61. The van der Waals surface area contributed by atoms with E-state index in [1.54, 1.807) is 0 Å². The largest absolute Gasteiger partial charge is 0.507 e. The Labute approximate surface area is 255 Å². The first-order valence-corrected chi connectivity index (χ1v) is 15.3. The normalized spacial score (nSPS) is 12.3. The zero-order valence-corrected chi connectivity index (χ0v) is 24.7. The number of phenols is 4. The summed E-state index contributed by atoms with van der Waals surface area (Å²) < 4.78 is 87.4. The molecule has 0 saturated carbocycles. The van der Waals surface area contributed by atoms with Gasteiger partial charge in [-0.1, -0.05) is 0 Å². The number of hydrogen-bond donors (Lipinski definition) is 6. The molecule has 46 heavy (non-hydrogen) atoms. The van der Waals surface area contributed by atoms with Crippen LogP contribution in [0.2, 0.25) is 0 Å². The fourth-order valence-corrected chi connectivity index (χ4v) is 6.12. The third-order valence-electron chi connectivity index (χ3n) is 6.95. The zero-order chi connectivity index (χ0) is 33.6. The van der Waals surface area contributed by atoms with E-state index < -0.39 is 104 Å². The maximum absolute atomic E-state index is 12.8. The van der Waals surface area contributed by atoms with Crippen molar-refractivity contribution >= 4 is 64.3 Å². The highest BCUT2D eigenvalue weighted by atomic mass is 32.3. The Morgan fingerprint density at radius 1 is 0.587 bits per heavy atom. The van der Waals surface area contributed by atoms with Gasteiger partial charge in [-0.15, -0.1) is 0 Å². The third-order valence-corrected chi connectivity index (χ3v) is 7.73. The topological polar surface area (TPSA) is 269 Å². The summed E-state index contributed by atoms with van der Waals surface area (Å²) in [7, 11) is -10.9. The monoisotopic (exact) mass is 674 g/mol. The Bertz CT molecular complexity index is 2690. The summed E-state index contributed by atoms with van der Waals surface area (Å²) in [6.07, 6.45) is 0. The van der Waals surface area contributed by atoms with Gasteiger partial charge in [0.1, 0.15) is 56.5 Å². The van der Waals surface area contributed by atoms with Crippen molar-refractivity contribution in [3.8, 4) is 45.6 Å². The number of fused-ring (bicyclic) bond motifs is 4. The molecule has 18 heteroatoms. The summed E-state index contributed by atoms with van der Waals surface area (Å²) in [4.78, 5) is 25.5. The minimum atomic E-state index is -5.45. The number of benzene rings is 4. The van der Waals surface area contributed by atoms with Gasteiger partial charge in [0.05, 0.1) is 16.3 Å². The molecule has 2 heterocycles. The molecule has 6 rings (SSSR count). The maximum Gasteiger partial charge on any atom is 0.446 e. The molecule has 0 spiro atoms. The Balaban J connectivity index is 1.91. The Morgan fingerprint density at radius 3 is 1.59 bits per heavy atom. The zero-order valence-electron chi connectivity index (χ0n) is 23.0. The van der Waals surface area contributed by atoms with Crippen LogP contribution in [0.4, 0.5) is 0 Å². The lowest BCUT2D eigenvalue weighted by Crippen LogP contribution is -2.10. The molecule has 2 aromatic heterocycles. The molecule has 0 unspecified atom stereocenters. The molecular formula is C28H18O16S2. The molecule has 0 aliphatic rings. The van der Waals surface area contributed by atoms with Crippen molar-refractivity contribution in [2.45, 2.75) is 13.8 Å². The fourth-order valence-electron chi connectivity index (χ4n) is 5.40. The molecule has 16 nitrogen and oxygen atoms in total. The molecule has 0 amide bonds. The number of aromatic hydroxyl groups is 4.